The number of nitrogens with zero attached hydrogens (tertiary/aromatic N) is 1. The molecule has 0 bridgehead atoms. The van der Waals surface area contributed by atoms with Crippen LogP contribution in [0.5, 0.6) is 0 Å². The van der Waals surface area contributed by atoms with Gasteiger partial charge in [-0.3, -0.25) is 15.0 Å². The third-order valence-corrected chi connectivity index (χ3v) is 2.41. The predicted octanol–water partition coefficient (Wildman–Crippen LogP) is 0.527. The maximum atomic E-state index is 11.7. The summed E-state index contributed by atoms with van der Waals surface area (Å²) in [6.07, 6.45) is 0. The maximum Gasteiger partial charge on any atom is 0.321 e. The number of hydrogen-bond acceptors (Lipinski definition) is 4. The van der Waals surface area contributed by atoms with Gasteiger partial charge in [0.2, 0.25) is 5.91 Å². The number of hydrogen-bond donors (Lipinski definition) is 3. The molecule has 112 valence electrons. The second-order valence-corrected chi connectivity index (χ2v) is 6.79. The van der Waals surface area contributed by atoms with Gasteiger partial charge in [0.05, 0.1) is 6.54 Å². The number of imide groups is 1. The van der Waals surface area contributed by atoms with Gasteiger partial charge in [-0.25, -0.2) is 4.79 Å². The lowest BCUT2D eigenvalue weighted by Gasteiger charge is -2.28. The van der Waals surface area contributed by atoms with Gasteiger partial charge in [0.1, 0.15) is 0 Å². The Balaban J connectivity index is 4.15. The number of nitrogens with two attached hydrogens (primary N) is 1. The summed E-state index contributed by atoms with van der Waals surface area (Å²) in [6, 6.07) is -0.469. The Morgan fingerprint density at radius 2 is 1.68 bits per heavy atom. The largest absolute Gasteiger partial charge is 0.333 e. The van der Waals surface area contributed by atoms with E-state index in [-0.39, 0.29) is 23.4 Å². The summed E-state index contributed by atoms with van der Waals surface area (Å²) >= 11 is 0. The fourth-order valence-electron chi connectivity index (χ4n) is 1.63. The summed E-state index contributed by atoms with van der Waals surface area (Å²) in [6.45, 7) is 11.0. The molecule has 3 amide bonds. The zero-order chi connectivity index (χ0) is 15.3. The molecule has 0 aromatic carbocycles. The van der Waals surface area contributed by atoms with Gasteiger partial charge < -0.3 is 11.1 Å². The van der Waals surface area contributed by atoms with E-state index in [1.165, 1.54) is 0 Å². The molecule has 0 aliphatic carbocycles. The Hall–Kier alpha value is -1.14. The van der Waals surface area contributed by atoms with E-state index in [0.717, 1.165) is 0 Å². The molecule has 0 unspecified atom stereocenters. The molecule has 0 saturated heterocycles. The van der Waals surface area contributed by atoms with E-state index >= 15 is 0 Å². The topological polar surface area (TPSA) is 87.5 Å². The lowest BCUT2D eigenvalue weighted by atomic mass is 9.93. The van der Waals surface area contributed by atoms with Gasteiger partial charge in [0, 0.05) is 12.1 Å². The number of amides is 3. The number of carbonyl (C=O) groups excluding carboxylic acids is 2. The number of likely N-dealkylation sites (N-methyl/N-ethyl adjacent to an activating group) is 1. The fraction of sp³-hybridized carbons (Fsp3) is 0.846. The van der Waals surface area contributed by atoms with Crippen molar-refractivity contribution >= 4 is 11.9 Å². The molecular weight excluding hydrogens is 244 g/mol. The summed E-state index contributed by atoms with van der Waals surface area (Å²) in [5, 5.41) is 4.98. The van der Waals surface area contributed by atoms with Gasteiger partial charge in [-0.2, -0.15) is 0 Å². The Morgan fingerprint density at radius 3 is 2.11 bits per heavy atom. The number of nitrogens with one attached hydrogen (secondary N) is 2. The Kier molecular flexibility index (Phi) is 6.45. The molecule has 4 N–H and O–H groups in total. The highest BCUT2D eigenvalue weighted by atomic mass is 16.2. The van der Waals surface area contributed by atoms with E-state index in [2.05, 4.69) is 10.6 Å². The zero-order valence-corrected chi connectivity index (χ0v) is 13.0. The third kappa shape index (κ3) is 9.44. The van der Waals surface area contributed by atoms with Crippen LogP contribution in [0.15, 0.2) is 0 Å². The molecule has 6 heteroatoms. The first-order chi connectivity index (χ1) is 8.45. The Labute approximate surface area is 116 Å². The van der Waals surface area contributed by atoms with Gasteiger partial charge in [-0.05, 0) is 39.8 Å². The van der Waals surface area contributed by atoms with E-state index in [1.54, 1.807) is 0 Å². The maximum absolute atomic E-state index is 11.7. The van der Waals surface area contributed by atoms with Crippen molar-refractivity contribution in [3.8, 4) is 0 Å². The van der Waals surface area contributed by atoms with Crippen LogP contribution in [0.4, 0.5) is 4.79 Å². The summed E-state index contributed by atoms with van der Waals surface area (Å²) in [5.41, 5.74) is 5.23. The van der Waals surface area contributed by atoms with Crippen molar-refractivity contribution in [2.45, 2.75) is 40.2 Å². The minimum Gasteiger partial charge on any atom is -0.333 e. The van der Waals surface area contributed by atoms with E-state index in [9.17, 15) is 9.59 Å². The molecule has 0 heterocycles. The van der Waals surface area contributed by atoms with Crippen molar-refractivity contribution < 1.29 is 9.59 Å². The van der Waals surface area contributed by atoms with Gasteiger partial charge in [-0.15, -0.1) is 0 Å². The van der Waals surface area contributed by atoms with E-state index in [1.807, 2.05) is 46.6 Å². The quantitative estimate of drug-likeness (QED) is 0.681. The highest BCUT2D eigenvalue weighted by Gasteiger charge is 2.20. The average Bonchev–Trinajstić information content (AvgIpc) is 2.12. The zero-order valence-electron chi connectivity index (χ0n) is 13.0. The van der Waals surface area contributed by atoms with Crippen LogP contribution in [-0.2, 0) is 4.79 Å². The minimum absolute atomic E-state index is 0.0529. The summed E-state index contributed by atoms with van der Waals surface area (Å²) in [7, 11) is 1.83. The van der Waals surface area contributed by atoms with Gasteiger partial charge in [-0.1, -0.05) is 13.8 Å². The first-order valence-corrected chi connectivity index (χ1v) is 6.46. The highest BCUT2D eigenvalue weighted by Crippen LogP contribution is 2.13. The summed E-state index contributed by atoms with van der Waals surface area (Å²) in [5.74, 6) is -0.322. The predicted molar refractivity (Wildman–Crippen MR) is 76.8 cm³/mol. The normalized spacial score (nSPS) is 12.4. The molecule has 0 rings (SSSR count). The second-order valence-electron chi connectivity index (χ2n) is 6.79. The van der Waals surface area contributed by atoms with Gasteiger partial charge >= 0.3 is 6.03 Å². The van der Waals surface area contributed by atoms with Gasteiger partial charge in [0.25, 0.3) is 0 Å². The number of rotatable bonds is 5. The monoisotopic (exact) mass is 272 g/mol. The lowest BCUT2D eigenvalue weighted by Crippen LogP contribution is -2.50. The van der Waals surface area contributed by atoms with E-state index in [4.69, 9.17) is 5.73 Å². The molecule has 19 heavy (non-hydrogen) atoms. The molecule has 6 nitrogen and oxygen atoms in total. The Morgan fingerprint density at radius 1 is 1.16 bits per heavy atom. The SMILES string of the molecule is CN(CC(=O)NC(=O)NC(C)(C)C)CC(C)(C)CN. The molecule has 0 atom stereocenters. The minimum atomic E-state index is -0.469. The van der Waals surface area contributed by atoms with E-state index < -0.39 is 6.03 Å². The van der Waals surface area contributed by atoms with Crippen LogP contribution in [0.2, 0.25) is 0 Å². The van der Waals surface area contributed by atoms with Crippen molar-refractivity contribution in [3.63, 3.8) is 0 Å². The van der Waals surface area contributed by atoms with Crippen LogP contribution in [0.1, 0.15) is 34.6 Å². The van der Waals surface area contributed by atoms with Crippen LogP contribution in [0.3, 0.4) is 0 Å². The third-order valence-electron chi connectivity index (χ3n) is 2.41. The standard InChI is InChI=1S/C13H28N4O2/c1-12(2,3)16-11(19)15-10(18)7-17(6)9-13(4,5)8-14/h7-9,14H2,1-6H3,(H2,15,16,18,19). The van der Waals surface area contributed by atoms with Crippen molar-refractivity contribution in [3.05, 3.63) is 0 Å². The number of urea groups is 1. The fourth-order valence-corrected chi connectivity index (χ4v) is 1.63. The average molecular weight is 272 g/mol. The molecule has 0 fully saturated rings. The molecule has 0 saturated carbocycles. The molecule has 0 aromatic rings. The molecule has 0 radical (unpaired) electrons. The molecule has 0 aromatic heterocycles. The highest BCUT2D eigenvalue weighted by molar-refractivity contribution is 5.95. The molecule has 0 aliphatic rings. The van der Waals surface area contributed by atoms with Crippen LogP contribution in [0.25, 0.3) is 0 Å². The first kappa shape index (κ1) is 17.9. The molecule has 0 aliphatic heterocycles. The first-order valence-electron chi connectivity index (χ1n) is 6.46. The van der Waals surface area contributed by atoms with Crippen molar-refractivity contribution in [1.29, 1.82) is 0 Å². The second kappa shape index (κ2) is 6.86. The summed E-state index contributed by atoms with van der Waals surface area (Å²) in [4.78, 5) is 25.0. The van der Waals surface area contributed by atoms with Crippen molar-refractivity contribution in [2.75, 3.05) is 26.7 Å². The van der Waals surface area contributed by atoms with Crippen LogP contribution < -0.4 is 16.4 Å². The van der Waals surface area contributed by atoms with Crippen molar-refractivity contribution in [1.82, 2.24) is 15.5 Å². The number of carbonyl (C=O) groups is 2. The Bertz CT molecular complexity index is 321. The molecular formula is C13H28N4O2. The summed E-state index contributed by atoms with van der Waals surface area (Å²) < 4.78 is 0. The smallest absolute Gasteiger partial charge is 0.321 e. The van der Waals surface area contributed by atoms with Gasteiger partial charge in [0.15, 0.2) is 0 Å². The van der Waals surface area contributed by atoms with Crippen LogP contribution in [-0.4, -0.2) is 49.1 Å². The van der Waals surface area contributed by atoms with Crippen LogP contribution >= 0.6 is 0 Å². The lowest BCUT2D eigenvalue weighted by molar-refractivity contribution is -0.121. The molecule has 0 spiro atoms. The van der Waals surface area contributed by atoms with Crippen molar-refractivity contribution in [2.24, 2.45) is 11.1 Å². The van der Waals surface area contributed by atoms with E-state index in [0.29, 0.717) is 13.1 Å². The van der Waals surface area contributed by atoms with Crippen LogP contribution in [0, 0.1) is 5.41 Å².